The van der Waals surface area contributed by atoms with Crippen LogP contribution in [0.3, 0.4) is 0 Å². The SMILES string of the molecule is Cc1cc(C(=O)O)cc(Sc2ccc(Br)cc2)n1. The maximum atomic E-state index is 11.0. The van der Waals surface area contributed by atoms with Crippen molar-refractivity contribution in [3.8, 4) is 0 Å². The van der Waals surface area contributed by atoms with Gasteiger partial charge in [0.15, 0.2) is 0 Å². The van der Waals surface area contributed by atoms with Gasteiger partial charge in [-0.25, -0.2) is 9.78 Å². The number of aromatic nitrogens is 1. The van der Waals surface area contributed by atoms with Crippen LogP contribution in [0.1, 0.15) is 16.1 Å². The molecule has 0 radical (unpaired) electrons. The Morgan fingerprint density at radius 1 is 1.28 bits per heavy atom. The Bertz CT molecular complexity index is 584. The molecule has 92 valence electrons. The molecule has 0 fully saturated rings. The van der Waals surface area contributed by atoms with Gasteiger partial charge in [-0.15, -0.1) is 0 Å². The number of carboxylic acids is 1. The summed E-state index contributed by atoms with van der Waals surface area (Å²) < 4.78 is 1.01. The normalized spacial score (nSPS) is 10.3. The highest BCUT2D eigenvalue weighted by Crippen LogP contribution is 2.28. The Morgan fingerprint density at radius 2 is 1.94 bits per heavy atom. The number of benzene rings is 1. The van der Waals surface area contributed by atoms with Gasteiger partial charge in [0.1, 0.15) is 5.03 Å². The molecule has 5 heteroatoms. The molecule has 1 aromatic carbocycles. The molecule has 0 bridgehead atoms. The van der Waals surface area contributed by atoms with Crippen LogP contribution in [0, 0.1) is 6.92 Å². The van der Waals surface area contributed by atoms with Crippen molar-refractivity contribution in [3.63, 3.8) is 0 Å². The molecular weight excluding hydrogens is 314 g/mol. The summed E-state index contributed by atoms with van der Waals surface area (Å²) in [5.41, 5.74) is 0.969. The van der Waals surface area contributed by atoms with Crippen LogP contribution in [-0.2, 0) is 0 Å². The lowest BCUT2D eigenvalue weighted by Crippen LogP contribution is -1.98. The highest BCUT2D eigenvalue weighted by molar-refractivity contribution is 9.10. The van der Waals surface area contributed by atoms with Crippen LogP contribution in [-0.4, -0.2) is 16.1 Å². The predicted molar refractivity (Wildman–Crippen MR) is 74.2 cm³/mol. The van der Waals surface area contributed by atoms with Crippen LogP contribution in [0.25, 0.3) is 0 Å². The third-order valence-electron chi connectivity index (χ3n) is 2.21. The quantitative estimate of drug-likeness (QED) is 0.927. The minimum Gasteiger partial charge on any atom is -0.478 e. The van der Waals surface area contributed by atoms with Crippen molar-refractivity contribution in [3.05, 3.63) is 52.1 Å². The topological polar surface area (TPSA) is 50.2 Å². The van der Waals surface area contributed by atoms with Gasteiger partial charge < -0.3 is 5.11 Å². The minimum atomic E-state index is -0.932. The summed E-state index contributed by atoms with van der Waals surface area (Å²) in [5, 5.41) is 9.68. The number of carboxylic acid groups (broad SMARTS) is 1. The lowest BCUT2D eigenvalue weighted by atomic mass is 10.2. The van der Waals surface area contributed by atoms with E-state index >= 15 is 0 Å². The first-order valence-electron chi connectivity index (χ1n) is 5.20. The van der Waals surface area contributed by atoms with Gasteiger partial charge in [0, 0.05) is 15.1 Å². The number of aromatic carboxylic acids is 1. The van der Waals surface area contributed by atoms with Crippen molar-refractivity contribution in [2.75, 3.05) is 0 Å². The molecule has 18 heavy (non-hydrogen) atoms. The van der Waals surface area contributed by atoms with E-state index in [-0.39, 0.29) is 5.56 Å². The van der Waals surface area contributed by atoms with E-state index in [2.05, 4.69) is 20.9 Å². The van der Waals surface area contributed by atoms with Crippen molar-refractivity contribution in [1.82, 2.24) is 4.98 Å². The van der Waals surface area contributed by atoms with Crippen LogP contribution < -0.4 is 0 Å². The van der Waals surface area contributed by atoms with E-state index in [1.54, 1.807) is 19.1 Å². The van der Waals surface area contributed by atoms with Crippen molar-refractivity contribution < 1.29 is 9.90 Å². The van der Waals surface area contributed by atoms with Crippen molar-refractivity contribution >= 4 is 33.7 Å². The fourth-order valence-electron chi connectivity index (χ4n) is 1.44. The monoisotopic (exact) mass is 323 g/mol. The molecule has 0 spiro atoms. The number of hydrogen-bond donors (Lipinski definition) is 1. The summed E-state index contributed by atoms with van der Waals surface area (Å²) >= 11 is 4.82. The molecule has 2 aromatic rings. The fourth-order valence-corrected chi connectivity index (χ4v) is 2.59. The predicted octanol–water partition coefficient (Wildman–Crippen LogP) is 4.00. The van der Waals surface area contributed by atoms with E-state index < -0.39 is 5.97 Å². The summed E-state index contributed by atoms with van der Waals surface area (Å²) in [6.45, 7) is 1.79. The van der Waals surface area contributed by atoms with Gasteiger partial charge in [0.05, 0.1) is 5.56 Å². The molecule has 2 rings (SSSR count). The molecule has 0 aliphatic carbocycles. The van der Waals surface area contributed by atoms with Gasteiger partial charge in [-0.1, -0.05) is 27.7 Å². The molecular formula is C13H10BrNO2S. The first kappa shape index (κ1) is 13.1. The van der Waals surface area contributed by atoms with E-state index in [1.807, 2.05) is 24.3 Å². The van der Waals surface area contributed by atoms with Crippen LogP contribution in [0.2, 0.25) is 0 Å². The Labute approximate surface area is 117 Å². The van der Waals surface area contributed by atoms with Gasteiger partial charge in [-0.2, -0.15) is 0 Å². The second-order valence-corrected chi connectivity index (χ2v) is 5.71. The molecule has 1 heterocycles. The second-order valence-electron chi connectivity index (χ2n) is 3.70. The Morgan fingerprint density at radius 3 is 2.56 bits per heavy atom. The molecule has 0 aliphatic rings. The molecule has 0 unspecified atom stereocenters. The molecule has 0 aliphatic heterocycles. The van der Waals surface area contributed by atoms with Crippen molar-refractivity contribution in [1.29, 1.82) is 0 Å². The van der Waals surface area contributed by atoms with Crippen LogP contribution in [0.5, 0.6) is 0 Å². The van der Waals surface area contributed by atoms with Crippen molar-refractivity contribution in [2.24, 2.45) is 0 Å². The number of aryl methyl sites for hydroxylation is 1. The third kappa shape index (κ3) is 3.34. The Kier molecular flexibility index (Phi) is 4.04. The second kappa shape index (κ2) is 5.54. The highest BCUT2D eigenvalue weighted by Gasteiger charge is 2.07. The molecule has 3 nitrogen and oxygen atoms in total. The average Bonchev–Trinajstić information content (AvgIpc) is 2.31. The number of hydrogen-bond acceptors (Lipinski definition) is 3. The first-order chi connectivity index (χ1) is 8.54. The minimum absolute atomic E-state index is 0.266. The molecule has 1 aromatic heterocycles. The molecule has 0 saturated carbocycles. The lowest BCUT2D eigenvalue weighted by molar-refractivity contribution is 0.0696. The number of rotatable bonds is 3. The largest absolute Gasteiger partial charge is 0.478 e. The maximum Gasteiger partial charge on any atom is 0.335 e. The van der Waals surface area contributed by atoms with Gasteiger partial charge in [0.2, 0.25) is 0 Å². The average molecular weight is 324 g/mol. The highest BCUT2D eigenvalue weighted by atomic mass is 79.9. The van der Waals surface area contributed by atoms with Gasteiger partial charge in [-0.05, 0) is 43.3 Å². The summed E-state index contributed by atoms with van der Waals surface area (Å²) in [5.74, 6) is -0.932. The summed E-state index contributed by atoms with van der Waals surface area (Å²) in [6, 6.07) is 10.9. The smallest absolute Gasteiger partial charge is 0.335 e. The molecule has 0 atom stereocenters. The van der Waals surface area contributed by atoms with Crippen LogP contribution >= 0.6 is 27.7 Å². The standard InChI is InChI=1S/C13H10BrNO2S/c1-8-6-9(13(16)17)7-12(15-8)18-11-4-2-10(14)3-5-11/h2-7H,1H3,(H,16,17). The number of pyridine rings is 1. The summed E-state index contributed by atoms with van der Waals surface area (Å²) in [4.78, 5) is 16.3. The van der Waals surface area contributed by atoms with Gasteiger partial charge in [0.25, 0.3) is 0 Å². The van der Waals surface area contributed by atoms with Crippen molar-refractivity contribution in [2.45, 2.75) is 16.8 Å². The van der Waals surface area contributed by atoms with Gasteiger partial charge in [-0.3, -0.25) is 0 Å². The zero-order chi connectivity index (χ0) is 13.1. The number of halogens is 1. The Balaban J connectivity index is 2.28. The number of carbonyl (C=O) groups is 1. The fraction of sp³-hybridized carbons (Fsp3) is 0.0769. The van der Waals surface area contributed by atoms with E-state index in [4.69, 9.17) is 5.11 Å². The maximum absolute atomic E-state index is 11.0. The van der Waals surface area contributed by atoms with E-state index in [9.17, 15) is 4.79 Å². The summed E-state index contributed by atoms with van der Waals surface area (Å²) in [6.07, 6.45) is 0. The summed E-state index contributed by atoms with van der Waals surface area (Å²) in [7, 11) is 0. The lowest BCUT2D eigenvalue weighted by Gasteiger charge is -2.04. The Hall–Kier alpha value is -1.33. The van der Waals surface area contributed by atoms with E-state index in [0.29, 0.717) is 10.7 Å². The molecule has 0 saturated heterocycles. The van der Waals surface area contributed by atoms with E-state index in [0.717, 1.165) is 9.37 Å². The number of nitrogens with zero attached hydrogens (tertiary/aromatic N) is 1. The third-order valence-corrected chi connectivity index (χ3v) is 3.67. The van der Waals surface area contributed by atoms with E-state index in [1.165, 1.54) is 11.8 Å². The van der Waals surface area contributed by atoms with Crippen LogP contribution in [0.4, 0.5) is 0 Å². The zero-order valence-electron chi connectivity index (χ0n) is 9.55. The van der Waals surface area contributed by atoms with Crippen LogP contribution in [0.15, 0.2) is 50.8 Å². The molecule has 1 N–H and O–H groups in total. The first-order valence-corrected chi connectivity index (χ1v) is 6.81. The molecule has 0 amide bonds. The zero-order valence-corrected chi connectivity index (χ0v) is 12.0. The van der Waals surface area contributed by atoms with Gasteiger partial charge >= 0.3 is 5.97 Å².